The second-order valence-electron chi connectivity index (χ2n) is 11.0. The molecule has 0 aliphatic carbocycles. The lowest BCUT2D eigenvalue weighted by Crippen LogP contribution is -2.28. The van der Waals surface area contributed by atoms with E-state index in [0.717, 1.165) is 47.4 Å². The molecule has 42 heavy (non-hydrogen) atoms. The lowest BCUT2D eigenvalue weighted by Gasteiger charge is -2.26. The second kappa shape index (κ2) is 12.5. The maximum absolute atomic E-state index is 13.3. The number of piperidine rings is 1. The zero-order chi connectivity index (χ0) is 28.9. The Morgan fingerprint density at radius 2 is 1.62 bits per heavy atom. The Labute approximate surface area is 246 Å². The number of fused-ring (bicyclic) bond motifs is 1. The number of carbonyl (C=O) groups is 1. The number of nitrogens with one attached hydrogen (secondary N) is 2. The maximum Gasteiger partial charge on any atom is 0.251 e. The van der Waals surface area contributed by atoms with E-state index in [-0.39, 0.29) is 17.8 Å². The number of rotatable bonds is 8. The molecule has 1 saturated heterocycles. The summed E-state index contributed by atoms with van der Waals surface area (Å²) in [6.45, 7) is 5.14. The molecule has 4 aromatic carbocycles. The fourth-order valence-corrected chi connectivity index (χ4v) is 5.75. The molecule has 0 saturated carbocycles. The number of amides is 1. The first-order valence-corrected chi connectivity index (χ1v) is 14.7. The SMILES string of the molecule is C[C@H](NC(=O)c1ccc2[nH]c(O)c(C(=Nc3cccc(CN4CCCCC4)c3)c3ccccc3)c2c1)c1ccccc1. The molecule has 6 nitrogen and oxygen atoms in total. The molecule has 6 rings (SSSR count). The van der Waals surface area contributed by atoms with Crippen LogP contribution in [0.5, 0.6) is 5.88 Å². The molecule has 0 bridgehead atoms. The number of H-pyrrole nitrogens is 1. The van der Waals surface area contributed by atoms with Gasteiger partial charge in [0.1, 0.15) is 0 Å². The monoisotopic (exact) mass is 556 g/mol. The van der Waals surface area contributed by atoms with Gasteiger partial charge in [0.15, 0.2) is 5.88 Å². The summed E-state index contributed by atoms with van der Waals surface area (Å²) in [6.07, 6.45) is 3.81. The van der Waals surface area contributed by atoms with Crippen LogP contribution in [0.1, 0.15) is 64.8 Å². The largest absolute Gasteiger partial charge is 0.494 e. The van der Waals surface area contributed by atoms with Gasteiger partial charge in [-0.1, -0.05) is 79.2 Å². The van der Waals surface area contributed by atoms with E-state index in [4.69, 9.17) is 4.99 Å². The topological polar surface area (TPSA) is 80.7 Å². The van der Waals surface area contributed by atoms with Crippen molar-refractivity contribution in [1.29, 1.82) is 0 Å². The summed E-state index contributed by atoms with van der Waals surface area (Å²) in [7, 11) is 0. The molecule has 1 fully saturated rings. The Kier molecular flexibility index (Phi) is 8.15. The average Bonchev–Trinajstić information content (AvgIpc) is 3.36. The van der Waals surface area contributed by atoms with Gasteiger partial charge in [-0.2, -0.15) is 0 Å². The maximum atomic E-state index is 13.3. The third-order valence-corrected chi connectivity index (χ3v) is 7.98. The van der Waals surface area contributed by atoms with E-state index < -0.39 is 0 Å². The summed E-state index contributed by atoms with van der Waals surface area (Å²) in [5.74, 6) is -0.157. The molecular weight excluding hydrogens is 520 g/mol. The molecule has 6 heteroatoms. The number of carbonyl (C=O) groups excluding carboxylic acids is 1. The molecule has 3 N–H and O–H groups in total. The van der Waals surface area contributed by atoms with E-state index in [1.165, 1.54) is 24.8 Å². The number of hydrogen-bond donors (Lipinski definition) is 3. The van der Waals surface area contributed by atoms with Crippen LogP contribution in [-0.4, -0.2) is 39.7 Å². The predicted molar refractivity (Wildman–Crippen MR) is 170 cm³/mol. The van der Waals surface area contributed by atoms with Gasteiger partial charge in [0.05, 0.1) is 23.0 Å². The highest BCUT2D eigenvalue weighted by Gasteiger charge is 2.21. The lowest BCUT2D eigenvalue weighted by atomic mass is 9.99. The third-order valence-electron chi connectivity index (χ3n) is 7.98. The summed E-state index contributed by atoms with van der Waals surface area (Å²) in [4.78, 5) is 24.0. The van der Waals surface area contributed by atoms with Crippen LogP contribution in [0.3, 0.4) is 0 Å². The van der Waals surface area contributed by atoms with Gasteiger partial charge in [0, 0.05) is 28.6 Å². The quantitative estimate of drug-likeness (QED) is 0.173. The van der Waals surface area contributed by atoms with Gasteiger partial charge < -0.3 is 15.4 Å². The highest BCUT2D eigenvalue weighted by Crippen LogP contribution is 2.32. The third kappa shape index (κ3) is 6.14. The summed E-state index contributed by atoms with van der Waals surface area (Å²) in [5, 5.41) is 15.0. The van der Waals surface area contributed by atoms with Gasteiger partial charge in [-0.3, -0.25) is 9.69 Å². The second-order valence-corrected chi connectivity index (χ2v) is 11.0. The number of nitrogens with zero attached hydrogens (tertiary/aromatic N) is 2. The minimum absolute atomic E-state index is 0.0206. The predicted octanol–water partition coefficient (Wildman–Crippen LogP) is 7.52. The van der Waals surface area contributed by atoms with Crippen LogP contribution in [0.4, 0.5) is 5.69 Å². The van der Waals surface area contributed by atoms with E-state index in [9.17, 15) is 9.90 Å². The van der Waals surface area contributed by atoms with Crippen LogP contribution in [0, 0.1) is 0 Å². The normalized spacial score (nSPS) is 15.0. The standard InChI is InChI=1S/C36H36N4O2/c1-25(27-13-5-2-6-14-27)37-35(41)29-18-19-32-31(23-29)33(36(42)39-32)34(28-15-7-3-8-16-28)38-30-17-11-12-26(22-30)24-40-20-9-4-10-21-40/h2-3,5-8,11-19,22-23,25,39,42H,4,9-10,20-21,24H2,1H3,(H,37,41)/t25-/m0/s1. The van der Waals surface area contributed by atoms with Crippen molar-refractivity contribution in [3.05, 3.63) is 131 Å². The van der Waals surface area contributed by atoms with Crippen molar-refractivity contribution in [1.82, 2.24) is 15.2 Å². The number of aromatic hydroxyl groups is 1. The minimum Gasteiger partial charge on any atom is -0.494 e. The number of hydrogen-bond acceptors (Lipinski definition) is 4. The van der Waals surface area contributed by atoms with Crippen LogP contribution < -0.4 is 5.32 Å². The smallest absolute Gasteiger partial charge is 0.251 e. The molecular formula is C36H36N4O2. The van der Waals surface area contributed by atoms with E-state index in [0.29, 0.717) is 16.8 Å². The molecule has 0 spiro atoms. The number of likely N-dealkylation sites (tertiary alicyclic amines) is 1. The Hall–Kier alpha value is -4.68. The molecule has 1 aliphatic rings. The Morgan fingerprint density at radius 3 is 2.38 bits per heavy atom. The van der Waals surface area contributed by atoms with Gasteiger partial charge in [0.25, 0.3) is 5.91 Å². The molecule has 0 unspecified atom stereocenters. The van der Waals surface area contributed by atoms with E-state index in [2.05, 4.69) is 27.3 Å². The first-order chi connectivity index (χ1) is 20.5. The van der Waals surface area contributed by atoms with Crippen molar-refractivity contribution >= 4 is 28.2 Å². The average molecular weight is 557 g/mol. The molecule has 1 aliphatic heterocycles. The Bertz CT molecular complexity index is 1700. The lowest BCUT2D eigenvalue weighted by molar-refractivity contribution is 0.0940. The van der Waals surface area contributed by atoms with Crippen LogP contribution in [0.25, 0.3) is 10.9 Å². The van der Waals surface area contributed by atoms with Crippen molar-refractivity contribution in [2.75, 3.05) is 13.1 Å². The van der Waals surface area contributed by atoms with Crippen LogP contribution >= 0.6 is 0 Å². The van der Waals surface area contributed by atoms with Crippen LogP contribution in [-0.2, 0) is 6.54 Å². The van der Waals surface area contributed by atoms with Gasteiger partial charge in [0.2, 0.25) is 0 Å². The molecule has 2 heterocycles. The highest BCUT2D eigenvalue weighted by molar-refractivity contribution is 6.22. The van der Waals surface area contributed by atoms with E-state index >= 15 is 0 Å². The molecule has 212 valence electrons. The van der Waals surface area contributed by atoms with Gasteiger partial charge in [-0.05, 0) is 74.3 Å². The summed E-state index contributed by atoms with van der Waals surface area (Å²) in [5.41, 5.74) is 6.42. The van der Waals surface area contributed by atoms with Gasteiger partial charge >= 0.3 is 0 Å². The molecule has 0 radical (unpaired) electrons. The first-order valence-electron chi connectivity index (χ1n) is 14.7. The fourth-order valence-electron chi connectivity index (χ4n) is 5.75. The van der Waals surface area contributed by atoms with Crippen molar-refractivity contribution in [3.8, 4) is 5.88 Å². The van der Waals surface area contributed by atoms with Crippen LogP contribution in [0.15, 0.2) is 108 Å². The number of aliphatic imine (C=N–C) groups is 1. The highest BCUT2D eigenvalue weighted by atomic mass is 16.3. The minimum atomic E-state index is -0.177. The van der Waals surface area contributed by atoms with Gasteiger partial charge in [-0.25, -0.2) is 4.99 Å². The summed E-state index contributed by atoms with van der Waals surface area (Å²) >= 11 is 0. The van der Waals surface area contributed by atoms with Crippen LogP contribution in [0.2, 0.25) is 0 Å². The zero-order valence-corrected chi connectivity index (χ0v) is 23.9. The Balaban J connectivity index is 1.37. The number of aromatic nitrogens is 1. The van der Waals surface area contributed by atoms with Crippen molar-refractivity contribution in [2.24, 2.45) is 4.99 Å². The summed E-state index contributed by atoms with van der Waals surface area (Å²) in [6, 6.07) is 33.4. The van der Waals surface area contributed by atoms with E-state index in [1.54, 1.807) is 6.07 Å². The molecule has 1 aromatic heterocycles. The Morgan fingerprint density at radius 1 is 0.881 bits per heavy atom. The number of aromatic amines is 1. The number of benzene rings is 4. The van der Waals surface area contributed by atoms with Crippen molar-refractivity contribution in [2.45, 2.75) is 38.8 Å². The van der Waals surface area contributed by atoms with Crippen molar-refractivity contribution in [3.63, 3.8) is 0 Å². The summed E-state index contributed by atoms with van der Waals surface area (Å²) < 4.78 is 0. The fraction of sp³-hybridized carbons (Fsp3) is 0.222. The molecule has 1 amide bonds. The van der Waals surface area contributed by atoms with Gasteiger partial charge in [-0.15, -0.1) is 0 Å². The zero-order valence-electron chi connectivity index (χ0n) is 23.9. The molecule has 5 aromatic rings. The van der Waals surface area contributed by atoms with Crippen molar-refractivity contribution < 1.29 is 9.90 Å². The van der Waals surface area contributed by atoms with E-state index in [1.807, 2.05) is 91.9 Å². The molecule has 1 atom stereocenters. The first kappa shape index (κ1) is 27.5.